The van der Waals surface area contributed by atoms with Gasteiger partial charge < -0.3 is 0 Å². The highest BCUT2D eigenvalue weighted by molar-refractivity contribution is 5.43. The van der Waals surface area contributed by atoms with E-state index in [1.165, 1.54) is 33.4 Å². The van der Waals surface area contributed by atoms with Gasteiger partial charge in [0.05, 0.1) is 0 Å². The van der Waals surface area contributed by atoms with Crippen LogP contribution in [0.4, 0.5) is 0 Å². The monoisotopic (exact) mass is 420 g/mol. The van der Waals surface area contributed by atoms with Crippen LogP contribution >= 0.6 is 0 Å². The molecule has 0 nitrogen and oxygen atoms in total. The summed E-state index contributed by atoms with van der Waals surface area (Å²) in [5.74, 6) is 0.478. The molecule has 172 valence electrons. The van der Waals surface area contributed by atoms with Gasteiger partial charge in [0, 0.05) is 0 Å². The van der Waals surface area contributed by atoms with E-state index in [2.05, 4.69) is 126 Å². The van der Waals surface area contributed by atoms with Gasteiger partial charge in [-0.05, 0) is 67.4 Å². The average Bonchev–Trinajstić information content (AvgIpc) is 2.57. The first-order valence-corrected chi connectivity index (χ1v) is 12.1. The molecule has 0 spiro atoms. The second-order valence-electron chi connectivity index (χ2n) is 13.8. The maximum absolute atomic E-state index is 2.47. The summed E-state index contributed by atoms with van der Waals surface area (Å²) in [6, 6.07) is 14.6. The average molecular weight is 421 g/mol. The summed E-state index contributed by atoms with van der Waals surface area (Å²) >= 11 is 0. The van der Waals surface area contributed by atoms with Crippen molar-refractivity contribution < 1.29 is 0 Å². The van der Waals surface area contributed by atoms with Gasteiger partial charge in [-0.1, -0.05) is 126 Å². The summed E-state index contributed by atoms with van der Waals surface area (Å²) in [6.07, 6.45) is 1.07. The van der Waals surface area contributed by atoms with Crippen molar-refractivity contribution in [2.45, 2.75) is 124 Å². The number of hydrogen-bond donors (Lipinski definition) is 0. The molecule has 0 aromatic heterocycles. The van der Waals surface area contributed by atoms with Gasteiger partial charge in [0.1, 0.15) is 0 Å². The third-order valence-corrected chi connectivity index (χ3v) is 6.52. The van der Waals surface area contributed by atoms with Gasteiger partial charge in [-0.15, -0.1) is 0 Å². The molecule has 1 unspecified atom stereocenters. The van der Waals surface area contributed by atoms with Gasteiger partial charge in [0.2, 0.25) is 0 Å². The molecular formula is C31H48. The molecule has 0 radical (unpaired) electrons. The molecule has 0 fully saturated rings. The van der Waals surface area contributed by atoms with Crippen LogP contribution in [0.5, 0.6) is 0 Å². The summed E-state index contributed by atoms with van der Waals surface area (Å²) < 4.78 is 0. The van der Waals surface area contributed by atoms with Crippen LogP contribution in [0.2, 0.25) is 0 Å². The van der Waals surface area contributed by atoms with Crippen LogP contribution in [0.25, 0.3) is 0 Å². The summed E-state index contributed by atoms with van der Waals surface area (Å²) in [6.45, 7) is 30.3. The van der Waals surface area contributed by atoms with Gasteiger partial charge in [-0.3, -0.25) is 0 Å². The summed E-state index contributed by atoms with van der Waals surface area (Å²) in [5, 5.41) is 0. The van der Waals surface area contributed by atoms with Crippen LogP contribution in [-0.2, 0) is 28.1 Å². The quantitative estimate of drug-likeness (QED) is 0.464. The second-order valence-corrected chi connectivity index (χ2v) is 13.8. The molecule has 2 rings (SSSR count). The lowest BCUT2D eigenvalue weighted by Gasteiger charge is -2.30. The van der Waals surface area contributed by atoms with E-state index in [9.17, 15) is 0 Å². The van der Waals surface area contributed by atoms with Crippen LogP contribution in [0, 0.1) is 0 Å². The standard InChI is InChI=1S/C31H48/c1-21(26-15-14-23(28(2,3)4)20-27(26)31(11,12)13)16-22-17-24(29(5,6)7)19-25(18-22)30(8,9)10/h14-15,17-21H,16H2,1-13H3. The molecule has 0 aliphatic rings. The fourth-order valence-electron chi connectivity index (χ4n) is 4.24. The number of hydrogen-bond acceptors (Lipinski definition) is 0. The lowest BCUT2D eigenvalue weighted by molar-refractivity contribution is 0.554. The minimum Gasteiger partial charge on any atom is -0.0582 e. The van der Waals surface area contributed by atoms with Crippen LogP contribution < -0.4 is 0 Å². The molecule has 1 atom stereocenters. The highest BCUT2D eigenvalue weighted by Gasteiger charge is 2.25. The van der Waals surface area contributed by atoms with E-state index in [0.29, 0.717) is 5.92 Å². The fraction of sp³-hybridized carbons (Fsp3) is 0.613. The molecule has 0 heterocycles. The molecule has 0 saturated carbocycles. The van der Waals surface area contributed by atoms with Crippen molar-refractivity contribution in [3.63, 3.8) is 0 Å². The highest BCUT2D eigenvalue weighted by atomic mass is 14.3. The smallest absolute Gasteiger partial charge is 0.0129 e. The largest absolute Gasteiger partial charge is 0.0582 e. The fourth-order valence-corrected chi connectivity index (χ4v) is 4.24. The Hall–Kier alpha value is -1.56. The lowest BCUT2D eigenvalue weighted by Crippen LogP contribution is -2.20. The summed E-state index contributed by atoms with van der Waals surface area (Å²) in [5.41, 5.74) is 9.40. The zero-order chi connectivity index (χ0) is 24.0. The molecule has 2 aromatic carbocycles. The zero-order valence-corrected chi connectivity index (χ0v) is 22.7. The van der Waals surface area contributed by atoms with Crippen molar-refractivity contribution in [2.24, 2.45) is 0 Å². The predicted octanol–water partition coefficient (Wildman–Crippen LogP) is 9.22. The molecule has 0 amide bonds. The maximum atomic E-state index is 2.47. The minimum absolute atomic E-state index is 0.134. The third-order valence-electron chi connectivity index (χ3n) is 6.52. The molecule has 0 bridgehead atoms. The van der Waals surface area contributed by atoms with E-state index >= 15 is 0 Å². The van der Waals surface area contributed by atoms with Gasteiger partial charge in [-0.25, -0.2) is 0 Å². The number of rotatable bonds is 3. The van der Waals surface area contributed by atoms with Crippen molar-refractivity contribution in [1.29, 1.82) is 0 Å². The third kappa shape index (κ3) is 6.47. The van der Waals surface area contributed by atoms with Crippen LogP contribution in [0.3, 0.4) is 0 Å². The van der Waals surface area contributed by atoms with Gasteiger partial charge in [0.15, 0.2) is 0 Å². The van der Waals surface area contributed by atoms with Crippen molar-refractivity contribution in [2.75, 3.05) is 0 Å². The normalized spacial score (nSPS) is 14.6. The predicted molar refractivity (Wildman–Crippen MR) is 140 cm³/mol. The van der Waals surface area contributed by atoms with Gasteiger partial charge >= 0.3 is 0 Å². The van der Waals surface area contributed by atoms with E-state index in [1.54, 1.807) is 0 Å². The summed E-state index contributed by atoms with van der Waals surface area (Å²) in [4.78, 5) is 0. The van der Waals surface area contributed by atoms with E-state index in [1.807, 2.05) is 0 Å². The molecule has 0 aliphatic heterocycles. The minimum atomic E-state index is 0.134. The van der Waals surface area contributed by atoms with E-state index in [-0.39, 0.29) is 21.7 Å². The first-order valence-electron chi connectivity index (χ1n) is 12.1. The number of benzene rings is 2. The Bertz CT molecular complexity index is 867. The Labute approximate surface area is 193 Å². The Kier molecular flexibility index (Phi) is 6.98. The van der Waals surface area contributed by atoms with Gasteiger partial charge in [0.25, 0.3) is 0 Å². The van der Waals surface area contributed by atoms with Crippen LogP contribution in [0.15, 0.2) is 36.4 Å². The zero-order valence-electron chi connectivity index (χ0n) is 22.7. The van der Waals surface area contributed by atoms with Crippen LogP contribution in [-0.4, -0.2) is 0 Å². The SMILES string of the molecule is CC(Cc1cc(C(C)(C)C)cc(C(C)(C)C)c1)c1ccc(C(C)(C)C)cc1C(C)(C)C. The Morgan fingerprint density at radius 2 is 1.00 bits per heavy atom. The van der Waals surface area contributed by atoms with E-state index in [4.69, 9.17) is 0 Å². The molecule has 0 N–H and O–H groups in total. The molecule has 0 heteroatoms. The van der Waals surface area contributed by atoms with Crippen molar-refractivity contribution >= 4 is 0 Å². The highest BCUT2D eigenvalue weighted by Crippen LogP contribution is 2.37. The van der Waals surface area contributed by atoms with Crippen LogP contribution in [0.1, 0.15) is 129 Å². The van der Waals surface area contributed by atoms with Gasteiger partial charge in [-0.2, -0.15) is 0 Å². The Morgan fingerprint density at radius 3 is 1.39 bits per heavy atom. The summed E-state index contributed by atoms with van der Waals surface area (Å²) in [7, 11) is 0. The van der Waals surface area contributed by atoms with Crippen molar-refractivity contribution in [3.8, 4) is 0 Å². The Balaban J connectivity index is 2.53. The van der Waals surface area contributed by atoms with E-state index in [0.717, 1.165) is 6.42 Å². The molecule has 0 aliphatic carbocycles. The molecular weight excluding hydrogens is 372 g/mol. The molecule has 31 heavy (non-hydrogen) atoms. The molecule has 0 saturated heterocycles. The first-order chi connectivity index (χ1) is 13.8. The lowest BCUT2D eigenvalue weighted by atomic mass is 9.74. The van der Waals surface area contributed by atoms with Crippen molar-refractivity contribution in [1.82, 2.24) is 0 Å². The topological polar surface area (TPSA) is 0 Å². The van der Waals surface area contributed by atoms with E-state index < -0.39 is 0 Å². The molecule has 2 aromatic rings. The first kappa shape index (κ1) is 25.7. The maximum Gasteiger partial charge on any atom is -0.0129 e. The van der Waals surface area contributed by atoms with Crippen molar-refractivity contribution in [3.05, 3.63) is 69.8 Å². The second kappa shape index (κ2) is 8.42. The Morgan fingerprint density at radius 1 is 0.548 bits per heavy atom.